The first kappa shape index (κ1) is 15.8. The first-order valence-corrected chi connectivity index (χ1v) is 8.03. The lowest BCUT2D eigenvalue weighted by Gasteiger charge is -2.35. The smallest absolute Gasteiger partial charge is 0.254 e. The molecule has 1 atom stereocenters. The third-order valence-electron chi connectivity index (χ3n) is 4.40. The van der Waals surface area contributed by atoms with Crippen LogP contribution >= 0.6 is 0 Å². The molecule has 6 heteroatoms. The monoisotopic (exact) mass is 318 g/mol. The molecule has 0 unspecified atom stereocenters. The van der Waals surface area contributed by atoms with Gasteiger partial charge >= 0.3 is 0 Å². The number of amides is 2. The third kappa shape index (κ3) is 3.47. The molecule has 3 rings (SSSR count). The molecule has 0 saturated carbocycles. The largest absolute Gasteiger partial charge is 0.497 e. The SMILES string of the molecule is COc1cccc(C(=O)N2CCN(C(=O)[C@H]3CCCO3)CC2)c1. The summed E-state index contributed by atoms with van der Waals surface area (Å²) in [6.45, 7) is 2.90. The number of hydrogen-bond donors (Lipinski definition) is 0. The van der Waals surface area contributed by atoms with Gasteiger partial charge in [0, 0.05) is 38.3 Å². The average Bonchev–Trinajstić information content (AvgIpc) is 3.15. The number of rotatable bonds is 3. The quantitative estimate of drug-likeness (QED) is 0.839. The molecule has 0 aromatic heterocycles. The Morgan fingerprint density at radius 3 is 2.57 bits per heavy atom. The zero-order valence-electron chi connectivity index (χ0n) is 13.4. The van der Waals surface area contributed by atoms with Gasteiger partial charge < -0.3 is 19.3 Å². The normalized spacial score (nSPS) is 21.3. The topological polar surface area (TPSA) is 59.1 Å². The summed E-state index contributed by atoms with van der Waals surface area (Å²) in [5.74, 6) is 0.715. The Bertz CT molecular complexity index is 576. The van der Waals surface area contributed by atoms with Gasteiger partial charge in [-0.05, 0) is 31.0 Å². The van der Waals surface area contributed by atoms with Crippen LogP contribution in [0.4, 0.5) is 0 Å². The van der Waals surface area contributed by atoms with Crippen LogP contribution in [0.3, 0.4) is 0 Å². The Kier molecular flexibility index (Phi) is 4.81. The molecule has 23 heavy (non-hydrogen) atoms. The van der Waals surface area contributed by atoms with Gasteiger partial charge in [0.05, 0.1) is 7.11 Å². The summed E-state index contributed by atoms with van der Waals surface area (Å²) < 4.78 is 10.6. The minimum absolute atomic E-state index is 0.0203. The van der Waals surface area contributed by atoms with Gasteiger partial charge in [0.2, 0.25) is 0 Å². The average molecular weight is 318 g/mol. The molecular weight excluding hydrogens is 296 g/mol. The summed E-state index contributed by atoms with van der Waals surface area (Å²) >= 11 is 0. The lowest BCUT2D eigenvalue weighted by atomic mass is 10.1. The zero-order valence-corrected chi connectivity index (χ0v) is 13.4. The standard InChI is InChI=1S/C17H22N2O4/c1-22-14-5-2-4-13(12-14)16(20)18-7-9-19(10-8-18)17(21)15-6-3-11-23-15/h2,4-5,12,15H,3,6-11H2,1H3/t15-/m1/s1. The highest BCUT2D eigenvalue weighted by Gasteiger charge is 2.31. The van der Waals surface area contributed by atoms with Gasteiger partial charge in [-0.1, -0.05) is 6.07 Å². The van der Waals surface area contributed by atoms with E-state index in [4.69, 9.17) is 9.47 Å². The maximum absolute atomic E-state index is 12.5. The Balaban J connectivity index is 1.57. The van der Waals surface area contributed by atoms with Crippen molar-refractivity contribution in [2.75, 3.05) is 39.9 Å². The summed E-state index contributed by atoms with van der Waals surface area (Å²) in [6, 6.07) is 7.15. The fraction of sp³-hybridized carbons (Fsp3) is 0.529. The maximum atomic E-state index is 12.5. The van der Waals surface area contributed by atoms with Crippen LogP contribution in [0.1, 0.15) is 23.2 Å². The molecule has 2 amide bonds. The number of methoxy groups -OCH3 is 1. The predicted octanol–water partition coefficient (Wildman–Crippen LogP) is 1.16. The van der Waals surface area contributed by atoms with Gasteiger partial charge in [0.1, 0.15) is 11.9 Å². The van der Waals surface area contributed by atoms with Crippen LogP contribution in [0.2, 0.25) is 0 Å². The lowest BCUT2D eigenvalue weighted by Crippen LogP contribution is -2.52. The number of carbonyl (C=O) groups excluding carboxylic acids is 2. The molecule has 2 saturated heterocycles. The van der Waals surface area contributed by atoms with Gasteiger partial charge in [0.15, 0.2) is 0 Å². The Labute approximate surface area is 136 Å². The van der Waals surface area contributed by atoms with E-state index in [0.29, 0.717) is 44.1 Å². The van der Waals surface area contributed by atoms with Gasteiger partial charge in [-0.25, -0.2) is 0 Å². The van der Waals surface area contributed by atoms with Crippen molar-refractivity contribution in [3.05, 3.63) is 29.8 Å². The molecule has 0 bridgehead atoms. The molecule has 1 aromatic rings. The van der Waals surface area contributed by atoms with E-state index in [0.717, 1.165) is 12.8 Å². The third-order valence-corrected chi connectivity index (χ3v) is 4.40. The molecule has 124 valence electrons. The molecule has 6 nitrogen and oxygen atoms in total. The molecule has 0 N–H and O–H groups in total. The molecule has 0 aliphatic carbocycles. The fourth-order valence-electron chi connectivity index (χ4n) is 3.04. The van der Waals surface area contributed by atoms with E-state index in [1.165, 1.54) is 0 Å². The van der Waals surface area contributed by atoms with E-state index in [9.17, 15) is 9.59 Å². The number of piperazine rings is 1. The van der Waals surface area contributed by atoms with E-state index >= 15 is 0 Å². The van der Waals surface area contributed by atoms with Crippen LogP contribution in [0, 0.1) is 0 Å². The van der Waals surface area contributed by atoms with E-state index in [1.54, 1.807) is 24.1 Å². The summed E-state index contributed by atoms with van der Waals surface area (Å²) in [7, 11) is 1.58. The second kappa shape index (κ2) is 7.00. The molecule has 2 aliphatic heterocycles. The van der Waals surface area contributed by atoms with Crippen LogP contribution in [-0.2, 0) is 9.53 Å². The van der Waals surface area contributed by atoms with Crippen molar-refractivity contribution in [2.45, 2.75) is 18.9 Å². The van der Waals surface area contributed by atoms with Gasteiger partial charge in [-0.2, -0.15) is 0 Å². The van der Waals surface area contributed by atoms with Crippen LogP contribution in [0.15, 0.2) is 24.3 Å². The molecule has 2 fully saturated rings. The second-order valence-electron chi connectivity index (χ2n) is 5.85. The van der Waals surface area contributed by atoms with Gasteiger partial charge in [-0.15, -0.1) is 0 Å². The highest BCUT2D eigenvalue weighted by Crippen LogP contribution is 2.18. The first-order valence-electron chi connectivity index (χ1n) is 8.03. The van der Waals surface area contributed by atoms with Crippen LogP contribution < -0.4 is 4.74 Å². The van der Waals surface area contributed by atoms with E-state index in [-0.39, 0.29) is 17.9 Å². The molecule has 0 spiro atoms. The van der Waals surface area contributed by atoms with Crippen molar-refractivity contribution in [1.29, 1.82) is 0 Å². The number of ether oxygens (including phenoxy) is 2. The van der Waals surface area contributed by atoms with Crippen molar-refractivity contribution < 1.29 is 19.1 Å². The van der Waals surface area contributed by atoms with E-state index in [1.807, 2.05) is 17.0 Å². The Morgan fingerprint density at radius 2 is 1.91 bits per heavy atom. The van der Waals surface area contributed by atoms with Crippen molar-refractivity contribution in [1.82, 2.24) is 9.80 Å². The summed E-state index contributed by atoms with van der Waals surface area (Å²) in [6.07, 6.45) is 1.47. The van der Waals surface area contributed by atoms with Crippen molar-refractivity contribution in [3.63, 3.8) is 0 Å². The number of nitrogens with zero attached hydrogens (tertiary/aromatic N) is 2. The van der Waals surface area contributed by atoms with Crippen LogP contribution in [0.25, 0.3) is 0 Å². The lowest BCUT2D eigenvalue weighted by molar-refractivity contribution is -0.142. The number of carbonyl (C=O) groups is 2. The van der Waals surface area contributed by atoms with Gasteiger partial charge in [0.25, 0.3) is 11.8 Å². The van der Waals surface area contributed by atoms with Crippen molar-refractivity contribution in [3.8, 4) is 5.75 Å². The number of hydrogen-bond acceptors (Lipinski definition) is 4. The second-order valence-corrected chi connectivity index (χ2v) is 5.85. The predicted molar refractivity (Wildman–Crippen MR) is 84.5 cm³/mol. The summed E-state index contributed by atoms with van der Waals surface area (Å²) in [5, 5.41) is 0. The van der Waals surface area contributed by atoms with E-state index < -0.39 is 0 Å². The Hall–Kier alpha value is -2.08. The van der Waals surface area contributed by atoms with Gasteiger partial charge in [-0.3, -0.25) is 9.59 Å². The molecular formula is C17H22N2O4. The molecule has 2 aliphatic rings. The highest BCUT2D eigenvalue weighted by molar-refractivity contribution is 5.94. The van der Waals surface area contributed by atoms with Crippen LogP contribution in [-0.4, -0.2) is 67.6 Å². The van der Waals surface area contributed by atoms with Crippen LogP contribution in [0.5, 0.6) is 5.75 Å². The minimum atomic E-state index is -0.282. The number of benzene rings is 1. The highest BCUT2D eigenvalue weighted by atomic mass is 16.5. The van der Waals surface area contributed by atoms with E-state index in [2.05, 4.69) is 0 Å². The minimum Gasteiger partial charge on any atom is -0.497 e. The van der Waals surface area contributed by atoms with Crippen molar-refractivity contribution >= 4 is 11.8 Å². The zero-order chi connectivity index (χ0) is 16.2. The maximum Gasteiger partial charge on any atom is 0.254 e. The summed E-state index contributed by atoms with van der Waals surface area (Å²) in [5.41, 5.74) is 0.614. The molecule has 0 radical (unpaired) electrons. The van der Waals surface area contributed by atoms with Crippen molar-refractivity contribution in [2.24, 2.45) is 0 Å². The Morgan fingerprint density at radius 1 is 1.17 bits per heavy atom. The molecule has 2 heterocycles. The fourth-order valence-corrected chi connectivity index (χ4v) is 3.04. The first-order chi connectivity index (χ1) is 11.2. The summed E-state index contributed by atoms with van der Waals surface area (Å²) in [4.78, 5) is 28.5. The molecule has 1 aromatic carbocycles.